The van der Waals surface area contributed by atoms with E-state index in [1.54, 1.807) is 17.3 Å². The number of aromatic nitrogens is 1. The maximum absolute atomic E-state index is 12.6. The Morgan fingerprint density at radius 2 is 2.11 bits per heavy atom. The fourth-order valence-corrected chi connectivity index (χ4v) is 3.33. The lowest BCUT2D eigenvalue weighted by Crippen LogP contribution is -2.44. The van der Waals surface area contributed by atoms with Crippen molar-refractivity contribution in [2.75, 3.05) is 18.4 Å². The van der Waals surface area contributed by atoms with Crippen LogP contribution in [-0.4, -0.2) is 40.9 Å². The Balaban J connectivity index is 1.49. The van der Waals surface area contributed by atoms with Crippen LogP contribution in [-0.2, 0) is 20.9 Å². The Labute approximate surface area is 165 Å². The van der Waals surface area contributed by atoms with Gasteiger partial charge in [-0.15, -0.1) is 0 Å². The normalized spacial score (nSPS) is 16.6. The van der Waals surface area contributed by atoms with Crippen molar-refractivity contribution in [2.24, 2.45) is 0 Å². The summed E-state index contributed by atoms with van der Waals surface area (Å²) in [5, 5.41) is 2.85. The molecule has 0 aliphatic carbocycles. The van der Waals surface area contributed by atoms with Crippen LogP contribution in [0.1, 0.15) is 36.0 Å². The molecule has 1 aromatic heterocycles. The van der Waals surface area contributed by atoms with Crippen LogP contribution in [0.3, 0.4) is 0 Å². The van der Waals surface area contributed by atoms with Gasteiger partial charge < -0.3 is 15.0 Å². The van der Waals surface area contributed by atoms with E-state index in [0.717, 1.165) is 35.2 Å². The predicted molar refractivity (Wildman–Crippen MR) is 108 cm³/mol. The highest BCUT2D eigenvalue weighted by Gasteiger charge is 2.25. The smallest absolute Gasteiger partial charge is 0.233 e. The number of nitrogens with zero attached hydrogens (tertiary/aromatic N) is 2. The molecule has 0 bridgehead atoms. The summed E-state index contributed by atoms with van der Waals surface area (Å²) in [6.07, 6.45) is 5.14. The number of aryl methyl sites for hydroxylation is 1. The van der Waals surface area contributed by atoms with E-state index < -0.39 is 0 Å². The second-order valence-corrected chi connectivity index (χ2v) is 7.25. The van der Waals surface area contributed by atoms with Gasteiger partial charge in [0, 0.05) is 31.2 Å². The fraction of sp³-hybridized carbons (Fsp3) is 0.409. The highest BCUT2D eigenvalue weighted by Crippen LogP contribution is 2.19. The number of amides is 2. The minimum Gasteiger partial charge on any atom is -0.372 e. The number of likely N-dealkylation sites (tertiary alicyclic amines) is 1. The number of hydrogen-bond donors (Lipinski definition) is 1. The van der Waals surface area contributed by atoms with Crippen LogP contribution in [0.5, 0.6) is 0 Å². The summed E-state index contributed by atoms with van der Waals surface area (Å²) >= 11 is 0. The Kier molecular flexibility index (Phi) is 6.76. The molecule has 1 aliphatic rings. The van der Waals surface area contributed by atoms with Crippen LogP contribution in [0.25, 0.3) is 0 Å². The number of ether oxygens (including phenoxy) is 1. The van der Waals surface area contributed by atoms with Crippen molar-refractivity contribution in [3.63, 3.8) is 0 Å². The van der Waals surface area contributed by atoms with Crippen molar-refractivity contribution < 1.29 is 14.3 Å². The van der Waals surface area contributed by atoms with E-state index in [2.05, 4.69) is 10.3 Å². The monoisotopic (exact) mass is 381 g/mol. The van der Waals surface area contributed by atoms with Gasteiger partial charge in [-0.3, -0.25) is 14.6 Å². The molecule has 148 valence electrons. The van der Waals surface area contributed by atoms with Crippen molar-refractivity contribution >= 4 is 17.5 Å². The van der Waals surface area contributed by atoms with Gasteiger partial charge in [-0.05, 0) is 55.5 Å². The molecule has 0 saturated carbocycles. The summed E-state index contributed by atoms with van der Waals surface area (Å²) < 4.78 is 5.94. The highest BCUT2D eigenvalue weighted by atomic mass is 16.5. The van der Waals surface area contributed by atoms with Crippen molar-refractivity contribution in [3.05, 3.63) is 59.4 Å². The van der Waals surface area contributed by atoms with E-state index >= 15 is 0 Å². The first kappa shape index (κ1) is 20.0. The number of pyridine rings is 1. The van der Waals surface area contributed by atoms with Gasteiger partial charge in [0.15, 0.2) is 0 Å². The topological polar surface area (TPSA) is 71.5 Å². The van der Waals surface area contributed by atoms with Gasteiger partial charge in [0.1, 0.15) is 6.42 Å². The molecule has 1 aliphatic heterocycles. The van der Waals surface area contributed by atoms with Crippen molar-refractivity contribution in [2.45, 2.75) is 45.8 Å². The van der Waals surface area contributed by atoms with Crippen LogP contribution in [0.15, 0.2) is 42.7 Å². The molecule has 6 nitrogen and oxygen atoms in total. The Hall–Kier alpha value is -2.73. The van der Waals surface area contributed by atoms with Gasteiger partial charge in [0.2, 0.25) is 11.8 Å². The zero-order chi connectivity index (χ0) is 19.9. The Morgan fingerprint density at radius 3 is 2.89 bits per heavy atom. The summed E-state index contributed by atoms with van der Waals surface area (Å²) in [6.45, 7) is 5.63. The molecular formula is C22H27N3O3. The molecule has 1 aromatic carbocycles. The van der Waals surface area contributed by atoms with E-state index in [4.69, 9.17) is 4.74 Å². The third kappa shape index (κ3) is 5.39. The van der Waals surface area contributed by atoms with E-state index in [1.807, 2.05) is 44.2 Å². The van der Waals surface area contributed by atoms with Crippen LogP contribution in [0.2, 0.25) is 0 Å². The van der Waals surface area contributed by atoms with Gasteiger partial charge in [-0.2, -0.15) is 0 Å². The van der Waals surface area contributed by atoms with Crippen molar-refractivity contribution in [3.8, 4) is 0 Å². The maximum Gasteiger partial charge on any atom is 0.233 e. The lowest BCUT2D eigenvalue weighted by Gasteiger charge is -2.32. The third-order valence-corrected chi connectivity index (χ3v) is 5.13. The predicted octanol–water partition coefficient (Wildman–Crippen LogP) is 3.23. The second kappa shape index (κ2) is 9.46. The molecule has 3 rings (SSSR count). The van der Waals surface area contributed by atoms with Gasteiger partial charge in [-0.1, -0.05) is 18.2 Å². The molecular weight excluding hydrogens is 354 g/mol. The molecule has 2 heterocycles. The maximum atomic E-state index is 12.6. The van der Waals surface area contributed by atoms with E-state index in [1.165, 1.54) is 0 Å². The fourth-order valence-electron chi connectivity index (χ4n) is 3.33. The number of benzene rings is 1. The Bertz CT molecular complexity index is 823. The molecule has 2 aromatic rings. The first-order valence-corrected chi connectivity index (χ1v) is 9.67. The first-order valence-electron chi connectivity index (χ1n) is 9.67. The number of anilines is 1. The van der Waals surface area contributed by atoms with E-state index in [9.17, 15) is 9.59 Å². The summed E-state index contributed by atoms with van der Waals surface area (Å²) in [5.74, 6) is -0.436. The molecule has 0 spiro atoms. The number of rotatable bonds is 6. The average molecular weight is 381 g/mol. The first-order chi connectivity index (χ1) is 13.5. The lowest BCUT2D eigenvalue weighted by atomic mass is 10.1. The highest BCUT2D eigenvalue weighted by molar-refractivity contribution is 6.03. The van der Waals surface area contributed by atoms with Crippen molar-refractivity contribution in [1.29, 1.82) is 0 Å². The molecule has 1 atom stereocenters. The average Bonchev–Trinajstić information content (AvgIpc) is 2.71. The SMILES string of the molecule is Cc1cccc(NC(=O)CC(=O)N2CCCC(OCc3cccnc3)C2)c1C. The number of hydrogen-bond acceptors (Lipinski definition) is 4. The number of piperidine rings is 1. The van der Waals surface area contributed by atoms with E-state index in [-0.39, 0.29) is 24.3 Å². The molecule has 2 amide bonds. The standard InChI is InChI=1S/C22H27N3O3/c1-16-6-3-9-20(17(16)2)24-21(26)12-22(27)25-11-5-8-19(14-25)28-15-18-7-4-10-23-13-18/h3-4,6-7,9-10,13,19H,5,8,11-12,14-15H2,1-2H3,(H,24,26). The zero-order valence-electron chi connectivity index (χ0n) is 16.5. The van der Waals surface area contributed by atoms with Crippen molar-refractivity contribution in [1.82, 2.24) is 9.88 Å². The lowest BCUT2D eigenvalue weighted by molar-refractivity contribution is -0.138. The zero-order valence-corrected chi connectivity index (χ0v) is 16.5. The molecule has 1 unspecified atom stereocenters. The minimum absolute atomic E-state index is 0.0139. The number of nitrogens with one attached hydrogen (secondary N) is 1. The van der Waals surface area contributed by atoms with Crippen LogP contribution < -0.4 is 5.32 Å². The minimum atomic E-state index is -0.280. The quantitative estimate of drug-likeness (QED) is 0.780. The summed E-state index contributed by atoms with van der Waals surface area (Å²) in [5.41, 5.74) is 3.90. The summed E-state index contributed by atoms with van der Waals surface area (Å²) in [6, 6.07) is 9.60. The molecule has 1 fully saturated rings. The van der Waals surface area contributed by atoms with Crippen LogP contribution >= 0.6 is 0 Å². The van der Waals surface area contributed by atoms with Gasteiger partial charge in [0.05, 0.1) is 12.7 Å². The third-order valence-electron chi connectivity index (χ3n) is 5.13. The second-order valence-electron chi connectivity index (χ2n) is 7.25. The summed E-state index contributed by atoms with van der Waals surface area (Å²) in [4.78, 5) is 30.7. The number of carbonyl (C=O) groups excluding carboxylic acids is 2. The summed E-state index contributed by atoms with van der Waals surface area (Å²) in [7, 11) is 0. The van der Waals surface area contributed by atoms with Crippen LogP contribution in [0, 0.1) is 13.8 Å². The Morgan fingerprint density at radius 1 is 1.25 bits per heavy atom. The molecule has 0 radical (unpaired) electrons. The molecule has 1 saturated heterocycles. The van der Waals surface area contributed by atoms with Gasteiger partial charge in [-0.25, -0.2) is 0 Å². The van der Waals surface area contributed by atoms with Crippen LogP contribution in [0.4, 0.5) is 5.69 Å². The largest absolute Gasteiger partial charge is 0.372 e. The van der Waals surface area contributed by atoms with Gasteiger partial charge >= 0.3 is 0 Å². The van der Waals surface area contributed by atoms with Gasteiger partial charge in [0.25, 0.3) is 0 Å². The van der Waals surface area contributed by atoms with E-state index in [0.29, 0.717) is 19.7 Å². The molecule has 28 heavy (non-hydrogen) atoms. The molecule has 6 heteroatoms. The number of carbonyl (C=O) groups is 2. The molecule has 1 N–H and O–H groups in total.